The Morgan fingerprint density at radius 3 is 2.38 bits per heavy atom. The van der Waals surface area contributed by atoms with Gasteiger partial charge in [0.15, 0.2) is 0 Å². The molecule has 2 aromatic rings. The van der Waals surface area contributed by atoms with Crippen LogP contribution in [0.2, 0.25) is 0 Å². The Kier molecular flexibility index (Phi) is 4.95. The second-order valence-electron chi connectivity index (χ2n) is 6.15. The van der Waals surface area contributed by atoms with Gasteiger partial charge in [-0.1, -0.05) is 79.7 Å². The van der Waals surface area contributed by atoms with Gasteiger partial charge in [-0.2, -0.15) is 0 Å². The van der Waals surface area contributed by atoms with Gasteiger partial charge in [-0.05, 0) is 22.6 Å². The van der Waals surface area contributed by atoms with E-state index in [0.29, 0.717) is 5.92 Å². The van der Waals surface area contributed by atoms with Crippen molar-refractivity contribution in [3.63, 3.8) is 0 Å². The highest BCUT2D eigenvalue weighted by molar-refractivity contribution is 5.82. The summed E-state index contributed by atoms with van der Waals surface area (Å²) in [6.07, 6.45) is 8.02. The maximum absolute atomic E-state index is 11.6. The molecule has 0 bridgehead atoms. The van der Waals surface area contributed by atoms with E-state index in [1.54, 1.807) is 0 Å². The molecule has 0 aliphatic heterocycles. The molecule has 2 aromatic carbocycles. The van der Waals surface area contributed by atoms with Crippen LogP contribution in [0.25, 0.3) is 0 Å². The third-order valence-corrected chi connectivity index (χ3v) is 4.67. The fourth-order valence-corrected chi connectivity index (χ4v) is 3.40. The van der Waals surface area contributed by atoms with Gasteiger partial charge in [0, 0.05) is 17.9 Å². The second kappa shape index (κ2) is 7.31. The number of allylic oxidation sites excluding steroid dienone is 3. The molecule has 2 nitrogen and oxygen atoms in total. The van der Waals surface area contributed by atoms with Gasteiger partial charge >= 0.3 is 5.97 Å². The standard InChI is InChI=1S/C22H22O2/c1-16-12-13-21(20-11-7-6-10-18(16)20)19(14-15-22(23)24-2)17-8-4-3-5-9-17/h3-16,19,21H,1-2H3/t16-,19+,21+/m1/s1. The van der Waals surface area contributed by atoms with Gasteiger partial charge in [-0.15, -0.1) is 0 Å². The van der Waals surface area contributed by atoms with Crippen LogP contribution >= 0.6 is 0 Å². The predicted octanol–water partition coefficient (Wildman–Crippen LogP) is 4.96. The molecule has 122 valence electrons. The average molecular weight is 318 g/mol. The Morgan fingerprint density at radius 2 is 1.67 bits per heavy atom. The lowest BCUT2D eigenvalue weighted by Crippen LogP contribution is -2.14. The molecule has 0 aromatic heterocycles. The molecule has 3 atom stereocenters. The Bertz CT molecular complexity index is 759. The molecule has 0 radical (unpaired) electrons. The smallest absolute Gasteiger partial charge is 0.330 e. The zero-order valence-corrected chi connectivity index (χ0v) is 14.1. The van der Waals surface area contributed by atoms with Crippen LogP contribution in [0.3, 0.4) is 0 Å². The van der Waals surface area contributed by atoms with E-state index >= 15 is 0 Å². The highest BCUT2D eigenvalue weighted by Gasteiger charge is 2.26. The third kappa shape index (κ3) is 3.33. The molecular formula is C22H22O2. The van der Waals surface area contributed by atoms with E-state index in [4.69, 9.17) is 4.74 Å². The van der Waals surface area contributed by atoms with Crippen molar-refractivity contribution in [2.24, 2.45) is 0 Å². The molecule has 0 amide bonds. The van der Waals surface area contributed by atoms with Gasteiger partial charge in [0.25, 0.3) is 0 Å². The molecule has 24 heavy (non-hydrogen) atoms. The fraction of sp³-hybridized carbons (Fsp3) is 0.227. The van der Waals surface area contributed by atoms with Crippen LogP contribution in [0, 0.1) is 0 Å². The van der Waals surface area contributed by atoms with Gasteiger partial charge in [-0.3, -0.25) is 0 Å². The number of rotatable bonds is 4. The first-order valence-electron chi connectivity index (χ1n) is 8.29. The lowest BCUT2D eigenvalue weighted by Gasteiger charge is -2.30. The topological polar surface area (TPSA) is 26.3 Å². The van der Waals surface area contributed by atoms with Crippen molar-refractivity contribution >= 4 is 5.97 Å². The van der Waals surface area contributed by atoms with Crippen LogP contribution in [0.4, 0.5) is 0 Å². The molecule has 0 heterocycles. The maximum Gasteiger partial charge on any atom is 0.330 e. The van der Waals surface area contributed by atoms with Crippen LogP contribution in [-0.2, 0) is 9.53 Å². The summed E-state index contributed by atoms with van der Waals surface area (Å²) in [5.41, 5.74) is 3.88. The van der Waals surface area contributed by atoms with Crippen LogP contribution in [0.5, 0.6) is 0 Å². The summed E-state index contributed by atoms with van der Waals surface area (Å²) in [5.74, 6) is 0.395. The Balaban J connectivity index is 2.04. The molecule has 3 rings (SSSR count). The van der Waals surface area contributed by atoms with Gasteiger partial charge in [0.05, 0.1) is 7.11 Å². The molecule has 0 saturated carbocycles. The first-order valence-corrected chi connectivity index (χ1v) is 8.29. The molecular weight excluding hydrogens is 296 g/mol. The van der Waals surface area contributed by atoms with Crippen LogP contribution in [0.1, 0.15) is 41.4 Å². The van der Waals surface area contributed by atoms with Crippen molar-refractivity contribution in [1.29, 1.82) is 0 Å². The van der Waals surface area contributed by atoms with E-state index in [1.807, 2.05) is 24.3 Å². The van der Waals surface area contributed by atoms with Crippen molar-refractivity contribution < 1.29 is 9.53 Å². The third-order valence-electron chi connectivity index (χ3n) is 4.67. The number of hydrogen-bond acceptors (Lipinski definition) is 2. The van der Waals surface area contributed by atoms with Crippen LogP contribution in [-0.4, -0.2) is 13.1 Å². The number of carbonyl (C=O) groups excluding carboxylic acids is 1. The number of ether oxygens (including phenoxy) is 1. The molecule has 1 aliphatic rings. The monoisotopic (exact) mass is 318 g/mol. The number of hydrogen-bond donors (Lipinski definition) is 0. The predicted molar refractivity (Wildman–Crippen MR) is 97.1 cm³/mol. The SMILES string of the molecule is COC(=O)C=C[C@@H](c1ccccc1)[C@@H]1C=C[C@@H](C)c2ccccc21. The normalized spacial score (nSPS) is 20.6. The largest absolute Gasteiger partial charge is 0.466 e. The number of methoxy groups -OCH3 is 1. The molecule has 0 fully saturated rings. The number of benzene rings is 2. The highest BCUT2D eigenvalue weighted by Crippen LogP contribution is 2.42. The summed E-state index contributed by atoms with van der Waals surface area (Å²) < 4.78 is 4.77. The molecule has 0 unspecified atom stereocenters. The Morgan fingerprint density at radius 1 is 1.00 bits per heavy atom. The van der Waals surface area contributed by atoms with Crippen molar-refractivity contribution in [3.05, 3.63) is 95.6 Å². The minimum absolute atomic E-state index is 0.0928. The van der Waals surface area contributed by atoms with Gasteiger partial charge in [0.1, 0.15) is 0 Å². The van der Waals surface area contributed by atoms with E-state index in [9.17, 15) is 4.79 Å². The minimum atomic E-state index is -0.322. The summed E-state index contributed by atoms with van der Waals surface area (Å²) in [5, 5.41) is 0. The summed E-state index contributed by atoms with van der Waals surface area (Å²) in [7, 11) is 1.40. The lowest BCUT2D eigenvalue weighted by atomic mass is 9.74. The molecule has 2 heteroatoms. The average Bonchev–Trinajstić information content (AvgIpc) is 2.64. The van der Waals surface area contributed by atoms with Gasteiger partial charge in [-0.25, -0.2) is 4.79 Å². The summed E-state index contributed by atoms with van der Waals surface area (Å²) in [6.45, 7) is 2.22. The molecule has 0 spiro atoms. The minimum Gasteiger partial charge on any atom is -0.466 e. The number of esters is 1. The van der Waals surface area contributed by atoms with E-state index in [-0.39, 0.29) is 17.8 Å². The first-order chi connectivity index (χ1) is 11.7. The Hall–Kier alpha value is -2.61. The molecule has 0 saturated heterocycles. The van der Waals surface area contributed by atoms with E-state index in [2.05, 4.69) is 55.5 Å². The summed E-state index contributed by atoms with van der Waals surface area (Å²) in [6, 6.07) is 18.9. The number of fused-ring (bicyclic) bond motifs is 1. The molecule has 1 aliphatic carbocycles. The second-order valence-corrected chi connectivity index (χ2v) is 6.15. The Labute approximate surface area is 143 Å². The highest BCUT2D eigenvalue weighted by atomic mass is 16.5. The maximum atomic E-state index is 11.6. The van der Waals surface area contributed by atoms with Gasteiger partial charge in [0.2, 0.25) is 0 Å². The first kappa shape index (κ1) is 16.3. The van der Waals surface area contributed by atoms with Gasteiger partial charge < -0.3 is 4.74 Å². The zero-order chi connectivity index (χ0) is 16.9. The zero-order valence-electron chi connectivity index (χ0n) is 14.1. The van der Waals surface area contributed by atoms with E-state index < -0.39 is 0 Å². The van der Waals surface area contributed by atoms with Crippen LogP contribution < -0.4 is 0 Å². The fourth-order valence-electron chi connectivity index (χ4n) is 3.40. The van der Waals surface area contributed by atoms with E-state index in [1.165, 1.54) is 29.9 Å². The van der Waals surface area contributed by atoms with Crippen molar-refractivity contribution in [3.8, 4) is 0 Å². The van der Waals surface area contributed by atoms with Crippen molar-refractivity contribution in [2.45, 2.75) is 24.7 Å². The van der Waals surface area contributed by atoms with Crippen LogP contribution in [0.15, 0.2) is 78.9 Å². The molecule has 0 N–H and O–H groups in total. The lowest BCUT2D eigenvalue weighted by molar-refractivity contribution is -0.134. The van der Waals surface area contributed by atoms with Crippen molar-refractivity contribution in [2.75, 3.05) is 7.11 Å². The number of carbonyl (C=O) groups is 1. The quantitative estimate of drug-likeness (QED) is 0.452. The van der Waals surface area contributed by atoms with Crippen molar-refractivity contribution in [1.82, 2.24) is 0 Å². The van der Waals surface area contributed by atoms with E-state index in [0.717, 1.165) is 0 Å². The summed E-state index contributed by atoms with van der Waals surface area (Å²) in [4.78, 5) is 11.6. The summed E-state index contributed by atoms with van der Waals surface area (Å²) >= 11 is 0.